The number of hydrogen-bond acceptors (Lipinski definition) is 3. The summed E-state index contributed by atoms with van der Waals surface area (Å²) >= 11 is 1.66. The average molecular weight is 647 g/mol. The molecule has 4 nitrogen and oxygen atoms in total. The lowest BCUT2D eigenvalue weighted by Crippen LogP contribution is -2.14. The summed E-state index contributed by atoms with van der Waals surface area (Å²) < 4.78 is 4.40. The lowest BCUT2D eigenvalue weighted by Gasteiger charge is -2.16. The number of benzene rings is 7. The minimum absolute atomic E-state index is 0.0627. The second-order valence-corrected chi connectivity index (χ2v) is 13.6. The number of hydrogen-bond donors (Lipinski definition) is 0. The summed E-state index contributed by atoms with van der Waals surface area (Å²) in [6, 6.07) is 53.3. The third kappa shape index (κ3) is 4.19. The largest absolute Gasteiger partial charge is 0.309 e. The first-order valence-corrected chi connectivity index (χ1v) is 17.1. The quantitative estimate of drug-likeness (QED) is 0.141. The van der Waals surface area contributed by atoms with Crippen LogP contribution in [-0.4, -0.2) is 8.97 Å². The Balaban J connectivity index is 1.30. The molecule has 0 spiro atoms. The van der Waals surface area contributed by atoms with Crippen LogP contribution in [0.2, 0.25) is 0 Å². The second kappa shape index (κ2) is 10.7. The molecule has 5 heteroatoms. The molecule has 0 aliphatic carbocycles. The normalized spacial score (nSPS) is 11.9. The van der Waals surface area contributed by atoms with Crippen molar-refractivity contribution in [1.82, 2.24) is 8.97 Å². The molecule has 10 aromatic rings. The van der Waals surface area contributed by atoms with Crippen molar-refractivity contribution in [2.24, 2.45) is 0 Å². The predicted octanol–water partition coefficient (Wildman–Crippen LogP) is 10.5. The third-order valence-electron chi connectivity index (χ3n) is 9.69. The molecule has 0 saturated heterocycles. The maximum absolute atomic E-state index is 14.4. The molecular formula is C44H26N2O2S. The summed E-state index contributed by atoms with van der Waals surface area (Å²) in [4.78, 5) is 30.5. The topological polar surface area (TPSA) is 43.5 Å². The first kappa shape index (κ1) is 27.9. The molecule has 0 aliphatic rings. The van der Waals surface area contributed by atoms with Crippen LogP contribution in [0.5, 0.6) is 0 Å². The number of rotatable bonds is 4. The van der Waals surface area contributed by atoms with Crippen molar-refractivity contribution < 1.29 is 0 Å². The van der Waals surface area contributed by atoms with E-state index in [4.69, 9.17) is 0 Å². The van der Waals surface area contributed by atoms with Gasteiger partial charge in [-0.25, -0.2) is 0 Å². The van der Waals surface area contributed by atoms with Gasteiger partial charge >= 0.3 is 0 Å². The molecule has 0 radical (unpaired) electrons. The summed E-state index contributed by atoms with van der Waals surface area (Å²) in [6.07, 6.45) is 0. The maximum atomic E-state index is 14.4. The van der Waals surface area contributed by atoms with Gasteiger partial charge in [0, 0.05) is 47.8 Å². The van der Waals surface area contributed by atoms with E-state index >= 15 is 0 Å². The van der Waals surface area contributed by atoms with E-state index in [1.54, 1.807) is 11.8 Å². The van der Waals surface area contributed by atoms with Crippen molar-refractivity contribution in [3.05, 3.63) is 178 Å². The van der Waals surface area contributed by atoms with Crippen LogP contribution in [0.4, 0.5) is 0 Å². The Morgan fingerprint density at radius 3 is 1.78 bits per heavy atom. The summed E-state index contributed by atoms with van der Waals surface area (Å²) in [5.41, 5.74) is 7.46. The van der Waals surface area contributed by atoms with Gasteiger partial charge in [0.05, 0.1) is 27.6 Å². The van der Waals surface area contributed by atoms with Crippen molar-refractivity contribution in [1.29, 1.82) is 0 Å². The van der Waals surface area contributed by atoms with Gasteiger partial charge in [-0.3, -0.25) is 9.59 Å². The van der Waals surface area contributed by atoms with Crippen molar-refractivity contribution in [3.63, 3.8) is 0 Å². The predicted molar refractivity (Wildman–Crippen MR) is 204 cm³/mol. The van der Waals surface area contributed by atoms with Crippen LogP contribution in [0.3, 0.4) is 0 Å². The summed E-state index contributed by atoms with van der Waals surface area (Å²) in [5, 5.41) is 4.48. The van der Waals surface area contributed by atoms with Gasteiger partial charge in [-0.1, -0.05) is 96.7 Å². The zero-order valence-electron chi connectivity index (χ0n) is 26.1. The highest BCUT2D eigenvalue weighted by atomic mass is 32.2. The average Bonchev–Trinajstić information content (AvgIpc) is 3.48. The Kier molecular flexibility index (Phi) is 6.08. The van der Waals surface area contributed by atoms with Gasteiger partial charge in [-0.05, 0) is 83.9 Å². The number of pyridine rings is 2. The molecule has 0 amide bonds. The fraction of sp³-hybridized carbons (Fsp3) is 0. The van der Waals surface area contributed by atoms with Crippen LogP contribution in [0.25, 0.3) is 76.7 Å². The van der Waals surface area contributed by atoms with Crippen LogP contribution in [0.1, 0.15) is 0 Å². The van der Waals surface area contributed by atoms with E-state index in [2.05, 4.69) is 106 Å². The molecular weight excluding hydrogens is 621 g/mol. The first-order chi connectivity index (χ1) is 24.1. The fourth-order valence-corrected chi connectivity index (χ4v) is 8.34. The van der Waals surface area contributed by atoms with Gasteiger partial charge in [0.2, 0.25) is 0 Å². The molecule has 0 fully saturated rings. The van der Waals surface area contributed by atoms with E-state index < -0.39 is 0 Å². The molecule has 10 rings (SSSR count). The van der Waals surface area contributed by atoms with Crippen LogP contribution in [-0.2, 0) is 0 Å². The molecule has 3 heterocycles. The number of nitrogens with zero attached hydrogens (tertiary/aromatic N) is 2. The molecule has 0 bridgehead atoms. The molecule has 49 heavy (non-hydrogen) atoms. The van der Waals surface area contributed by atoms with E-state index in [-0.39, 0.29) is 10.9 Å². The summed E-state index contributed by atoms with van der Waals surface area (Å²) in [7, 11) is 0. The van der Waals surface area contributed by atoms with Gasteiger partial charge < -0.3 is 8.97 Å². The Hall–Kier alpha value is -6.17. The molecule has 0 aliphatic heterocycles. The molecule has 0 atom stereocenters. The summed E-state index contributed by atoms with van der Waals surface area (Å²) in [5.74, 6) is 0. The zero-order valence-corrected chi connectivity index (χ0v) is 26.9. The Morgan fingerprint density at radius 2 is 1.00 bits per heavy atom. The lowest BCUT2D eigenvalue weighted by molar-refractivity contribution is 1.18. The highest BCUT2D eigenvalue weighted by Gasteiger charge is 2.20. The van der Waals surface area contributed by atoms with E-state index in [1.807, 2.05) is 60.7 Å². The van der Waals surface area contributed by atoms with E-state index in [1.165, 1.54) is 5.56 Å². The minimum Gasteiger partial charge on any atom is -0.309 e. The molecule has 7 aromatic carbocycles. The summed E-state index contributed by atoms with van der Waals surface area (Å²) in [6.45, 7) is 0. The SMILES string of the molecule is O=c1c2ccc(Sc3ccccc3)cc2n2c3cc4c5ccccc5n(-c5ccc(-c6ccccc6)cc5)c4cc3c(=O)c3cccc1c32. The Bertz CT molecular complexity index is 3040. The maximum Gasteiger partial charge on any atom is 0.197 e. The van der Waals surface area contributed by atoms with E-state index in [0.717, 1.165) is 53.9 Å². The van der Waals surface area contributed by atoms with Gasteiger partial charge in [0.15, 0.2) is 10.9 Å². The molecule has 0 unspecified atom stereocenters. The zero-order chi connectivity index (χ0) is 32.6. The van der Waals surface area contributed by atoms with Crippen molar-refractivity contribution in [2.75, 3.05) is 0 Å². The van der Waals surface area contributed by atoms with Gasteiger partial charge in [0.1, 0.15) is 0 Å². The Labute approximate surface area is 284 Å². The van der Waals surface area contributed by atoms with E-state index in [0.29, 0.717) is 27.1 Å². The monoisotopic (exact) mass is 646 g/mol. The Morgan fingerprint density at radius 1 is 0.388 bits per heavy atom. The van der Waals surface area contributed by atoms with Gasteiger partial charge in [0.25, 0.3) is 0 Å². The highest BCUT2D eigenvalue weighted by molar-refractivity contribution is 7.99. The number of aromatic nitrogens is 2. The van der Waals surface area contributed by atoms with Crippen LogP contribution in [0.15, 0.2) is 177 Å². The molecule has 0 N–H and O–H groups in total. The highest BCUT2D eigenvalue weighted by Crippen LogP contribution is 2.37. The van der Waals surface area contributed by atoms with E-state index in [9.17, 15) is 9.59 Å². The third-order valence-corrected chi connectivity index (χ3v) is 10.7. The van der Waals surface area contributed by atoms with Crippen LogP contribution < -0.4 is 10.9 Å². The lowest BCUT2D eigenvalue weighted by atomic mass is 10.0. The second-order valence-electron chi connectivity index (χ2n) is 12.4. The number of para-hydroxylation sites is 2. The standard InChI is InChI=1S/C44H26N2O2S/c47-43-33-23-22-31(49-30-12-5-2-6-13-30)24-39(33)46-41-25-36-32-14-7-8-17-38(32)45(29-20-18-28(19-21-29)27-10-3-1-4-11-27)40(36)26-37(41)44(48)35-16-9-15-34(43)42(35)46/h1-26H. The molecule has 0 saturated carbocycles. The number of fused-ring (bicyclic) bond motifs is 7. The van der Waals surface area contributed by atoms with Crippen LogP contribution in [0, 0.1) is 0 Å². The van der Waals surface area contributed by atoms with Crippen molar-refractivity contribution >= 4 is 71.7 Å². The first-order valence-electron chi connectivity index (χ1n) is 16.3. The van der Waals surface area contributed by atoms with Crippen molar-refractivity contribution in [2.45, 2.75) is 9.79 Å². The minimum atomic E-state index is -0.0766. The molecule has 3 aromatic heterocycles. The molecule has 230 valence electrons. The smallest absolute Gasteiger partial charge is 0.197 e. The van der Waals surface area contributed by atoms with Crippen LogP contribution >= 0.6 is 11.8 Å². The van der Waals surface area contributed by atoms with Gasteiger partial charge in [-0.15, -0.1) is 0 Å². The van der Waals surface area contributed by atoms with Crippen molar-refractivity contribution in [3.8, 4) is 16.8 Å². The van der Waals surface area contributed by atoms with Gasteiger partial charge in [-0.2, -0.15) is 0 Å². The fourth-order valence-electron chi connectivity index (χ4n) is 7.47.